The van der Waals surface area contributed by atoms with Crippen molar-refractivity contribution in [2.24, 2.45) is 5.92 Å². The Kier molecular flexibility index (Phi) is 9.37. The normalized spacial score (nSPS) is 19.2. The molecule has 0 saturated carbocycles. The van der Waals surface area contributed by atoms with Crippen molar-refractivity contribution in [3.05, 3.63) is 76.2 Å². The molecule has 2 aliphatic rings. The third kappa shape index (κ3) is 7.38. The molecule has 0 spiro atoms. The van der Waals surface area contributed by atoms with Gasteiger partial charge in [0.25, 0.3) is 5.91 Å². The number of allylic oxidation sites excluding steroid dienone is 1. The summed E-state index contributed by atoms with van der Waals surface area (Å²) in [5, 5.41) is 8.27. The van der Waals surface area contributed by atoms with Crippen LogP contribution in [0.1, 0.15) is 53.5 Å². The average molecular weight is 614 g/mol. The Hall–Kier alpha value is -4.29. The molecule has 1 saturated heterocycles. The third-order valence-corrected chi connectivity index (χ3v) is 7.35. The first-order valence-corrected chi connectivity index (χ1v) is 14.2. The van der Waals surface area contributed by atoms with Gasteiger partial charge in [-0.25, -0.2) is 18.6 Å². The lowest BCUT2D eigenvalue weighted by Crippen LogP contribution is -2.30. The molecule has 3 heterocycles. The number of H-pyrrole nitrogens is 1. The standard InChI is InChI=1S/C30H30ClF2N5O5/c1-16-11-20(32)25(21(33)12-16)29(40)36-22-5-3-2-4-6-24(39)35-23-13-18(34-30(41)43-15-17-9-10-42-14-17)7-8-19(23)26-27(31)38-28(22)37-26/h2-3,7-8,11-13,17,22H,4-6,9-10,14-15H2,1H3,(H,34,41)(H,35,39)(H,36,40)(H,37,38)/b3-2+/t17?,22-/m0/s1. The molecule has 1 fully saturated rings. The van der Waals surface area contributed by atoms with Gasteiger partial charge in [-0.1, -0.05) is 23.8 Å². The Morgan fingerprint density at radius 1 is 1.19 bits per heavy atom. The van der Waals surface area contributed by atoms with Gasteiger partial charge in [0.1, 0.15) is 33.9 Å². The van der Waals surface area contributed by atoms with Gasteiger partial charge in [-0.2, -0.15) is 0 Å². The largest absolute Gasteiger partial charge is 0.449 e. The molecule has 0 aliphatic carbocycles. The third-order valence-electron chi connectivity index (χ3n) is 7.07. The minimum atomic E-state index is -0.979. The minimum absolute atomic E-state index is 0.109. The van der Waals surface area contributed by atoms with Crippen molar-refractivity contribution >= 4 is 40.9 Å². The Morgan fingerprint density at radius 2 is 1.98 bits per heavy atom. The predicted octanol–water partition coefficient (Wildman–Crippen LogP) is 6.05. The number of imidazole rings is 1. The number of ether oxygens (including phenoxy) is 2. The van der Waals surface area contributed by atoms with E-state index in [1.165, 1.54) is 6.92 Å². The van der Waals surface area contributed by atoms with E-state index in [1.807, 2.05) is 0 Å². The molecule has 2 aliphatic heterocycles. The highest BCUT2D eigenvalue weighted by molar-refractivity contribution is 6.32. The van der Waals surface area contributed by atoms with Crippen molar-refractivity contribution in [2.45, 2.75) is 38.6 Å². The number of nitrogens with zero attached hydrogens (tertiary/aromatic N) is 1. The number of nitrogens with one attached hydrogen (secondary N) is 4. The second-order valence-corrected chi connectivity index (χ2v) is 10.8. The van der Waals surface area contributed by atoms with Gasteiger partial charge in [-0.15, -0.1) is 0 Å². The fourth-order valence-electron chi connectivity index (χ4n) is 4.87. The molecular weight excluding hydrogens is 584 g/mol. The van der Waals surface area contributed by atoms with Crippen LogP contribution in [0, 0.1) is 24.5 Å². The van der Waals surface area contributed by atoms with Crippen LogP contribution in [0.25, 0.3) is 11.3 Å². The van der Waals surface area contributed by atoms with E-state index in [4.69, 9.17) is 21.1 Å². The van der Waals surface area contributed by atoms with E-state index in [2.05, 4.69) is 25.9 Å². The summed E-state index contributed by atoms with van der Waals surface area (Å²) in [6, 6.07) is 6.14. The van der Waals surface area contributed by atoms with Crippen LogP contribution in [0.15, 0.2) is 42.5 Å². The van der Waals surface area contributed by atoms with Gasteiger partial charge in [0.05, 0.1) is 24.9 Å². The number of hydrogen-bond donors (Lipinski definition) is 4. The summed E-state index contributed by atoms with van der Waals surface area (Å²) in [5.74, 6) is -2.80. The number of aromatic amines is 1. The van der Waals surface area contributed by atoms with Gasteiger partial charge in [0.2, 0.25) is 5.91 Å². The van der Waals surface area contributed by atoms with Gasteiger partial charge >= 0.3 is 6.09 Å². The fraction of sp³-hybridized carbons (Fsp3) is 0.333. The summed E-state index contributed by atoms with van der Waals surface area (Å²) in [7, 11) is 0. The van der Waals surface area contributed by atoms with Crippen LogP contribution in [0.2, 0.25) is 5.15 Å². The molecule has 3 amide bonds. The zero-order valence-corrected chi connectivity index (χ0v) is 24.0. The fourth-order valence-corrected chi connectivity index (χ4v) is 5.11. The maximum atomic E-state index is 14.5. The maximum absolute atomic E-state index is 14.5. The van der Waals surface area contributed by atoms with E-state index < -0.39 is 35.2 Å². The summed E-state index contributed by atoms with van der Waals surface area (Å²) in [5.41, 5.74) is 1.05. The SMILES string of the molecule is Cc1cc(F)c(C(=O)N[C@H]2C/C=C/CCC(=O)Nc3cc(NC(=O)OCC4CCOC4)ccc3-c3nc2[nH]c3Cl)c(F)c1. The van der Waals surface area contributed by atoms with Crippen molar-refractivity contribution in [1.29, 1.82) is 0 Å². The van der Waals surface area contributed by atoms with Crippen LogP contribution in [0.4, 0.5) is 25.0 Å². The van der Waals surface area contributed by atoms with E-state index in [1.54, 1.807) is 30.4 Å². The summed E-state index contributed by atoms with van der Waals surface area (Å²) < 4.78 is 39.7. The van der Waals surface area contributed by atoms with E-state index in [0.717, 1.165) is 18.6 Å². The predicted molar refractivity (Wildman–Crippen MR) is 156 cm³/mol. The molecule has 2 atom stereocenters. The highest BCUT2D eigenvalue weighted by Gasteiger charge is 2.26. The molecule has 1 aromatic heterocycles. The van der Waals surface area contributed by atoms with Crippen molar-refractivity contribution in [2.75, 3.05) is 30.5 Å². The zero-order chi connectivity index (χ0) is 30.5. The Bertz CT molecular complexity index is 1550. The number of carbonyl (C=O) groups is 3. The Balaban J connectivity index is 1.42. The number of halogens is 3. The molecule has 0 radical (unpaired) electrons. The van der Waals surface area contributed by atoms with Crippen LogP contribution < -0.4 is 16.0 Å². The van der Waals surface area contributed by atoms with Crippen molar-refractivity contribution in [1.82, 2.24) is 15.3 Å². The highest BCUT2D eigenvalue weighted by Crippen LogP contribution is 2.36. The van der Waals surface area contributed by atoms with E-state index in [-0.39, 0.29) is 47.9 Å². The lowest BCUT2D eigenvalue weighted by Gasteiger charge is -2.16. The van der Waals surface area contributed by atoms with E-state index in [9.17, 15) is 23.2 Å². The van der Waals surface area contributed by atoms with E-state index >= 15 is 0 Å². The van der Waals surface area contributed by atoms with Crippen LogP contribution in [0.3, 0.4) is 0 Å². The number of rotatable bonds is 5. The quantitative estimate of drug-likeness (QED) is 0.259. The second-order valence-electron chi connectivity index (χ2n) is 10.4. The summed E-state index contributed by atoms with van der Waals surface area (Å²) in [6.07, 6.45) is 4.43. The number of aromatic nitrogens is 2. The number of hydrogen-bond acceptors (Lipinski definition) is 6. The second kappa shape index (κ2) is 13.3. The van der Waals surface area contributed by atoms with Gasteiger partial charge in [-0.3, -0.25) is 14.9 Å². The molecule has 2 aromatic carbocycles. The van der Waals surface area contributed by atoms with Gasteiger partial charge in [0, 0.05) is 30.2 Å². The van der Waals surface area contributed by atoms with Crippen molar-refractivity contribution < 1.29 is 32.6 Å². The number of anilines is 2. The van der Waals surface area contributed by atoms with Crippen LogP contribution in [-0.4, -0.2) is 47.7 Å². The zero-order valence-electron chi connectivity index (χ0n) is 23.3. The average Bonchev–Trinajstić information content (AvgIpc) is 3.60. The smallest absolute Gasteiger partial charge is 0.411 e. The summed E-state index contributed by atoms with van der Waals surface area (Å²) >= 11 is 6.55. The first-order chi connectivity index (χ1) is 20.7. The van der Waals surface area contributed by atoms with Gasteiger partial charge in [-0.05, 0) is 62.1 Å². The minimum Gasteiger partial charge on any atom is -0.449 e. The number of fused-ring (bicyclic) bond motifs is 4. The van der Waals surface area contributed by atoms with Gasteiger partial charge in [0.15, 0.2) is 0 Å². The Labute approximate surface area is 251 Å². The molecule has 43 heavy (non-hydrogen) atoms. The first kappa shape index (κ1) is 30.2. The molecule has 10 nitrogen and oxygen atoms in total. The number of carbonyl (C=O) groups excluding carboxylic acids is 3. The molecule has 1 unspecified atom stereocenters. The van der Waals surface area contributed by atoms with Crippen LogP contribution in [-0.2, 0) is 14.3 Å². The molecule has 226 valence electrons. The lowest BCUT2D eigenvalue weighted by atomic mass is 10.1. The number of aryl methyl sites for hydroxylation is 1. The molecule has 5 rings (SSSR count). The Morgan fingerprint density at radius 3 is 2.72 bits per heavy atom. The van der Waals surface area contributed by atoms with Gasteiger partial charge < -0.3 is 25.1 Å². The first-order valence-electron chi connectivity index (χ1n) is 13.8. The number of amides is 3. The lowest BCUT2D eigenvalue weighted by molar-refractivity contribution is -0.116. The van der Waals surface area contributed by atoms with Crippen molar-refractivity contribution in [3.8, 4) is 11.3 Å². The molecule has 3 aromatic rings. The maximum Gasteiger partial charge on any atom is 0.411 e. The highest BCUT2D eigenvalue weighted by atomic mass is 35.5. The topological polar surface area (TPSA) is 134 Å². The van der Waals surface area contributed by atoms with E-state index in [0.29, 0.717) is 42.1 Å². The summed E-state index contributed by atoms with van der Waals surface area (Å²) in [4.78, 5) is 45.7. The van der Waals surface area contributed by atoms with Crippen molar-refractivity contribution in [3.63, 3.8) is 0 Å². The molecule has 2 bridgehead atoms. The molecule has 4 N–H and O–H groups in total. The van der Waals surface area contributed by atoms with Crippen LogP contribution >= 0.6 is 11.6 Å². The summed E-state index contributed by atoms with van der Waals surface area (Å²) in [6.45, 7) is 2.94. The monoisotopic (exact) mass is 613 g/mol. The molecular formula is C30H30ClF2N5O5. The molecule has 13 heteroatoms. The van der Waals surface area contributed by atoms with Crippen LogP contribution in [0.5, 0.6) is 0 Å². The number of benzene rings is 2.